The van der Waals surface area contributed by atoms with Gasteiger partial charge in [-0.1, -0.05) is 18.2 Å². The van der Waals surface area contributed by atoms with E-state index in [2.05, 4.69) is 17.0 Å². The topological polar surface area (TPSA) is 37.2 Å². The van der Waals surface area contributed by atoms with Gasteiger partial charge in [-0.3, -0.25) is 4.79 Å². The van der Waals surface area contributed by atoms with Crippen LogP contribution < -0.4 is 19.4 Å². The molecule has 1 N–H and O–H groups in total. The smallest absolute Gasteiger partial charge is 0.284 e. The first-order chi connectivity index (χ1) is 12.6. The minimum Gasteiger partial charge on any atom is -0.497 e. The number of carbonyl (C=O) groups excluding carboxylic acids is 1. The van der Waals surface area contributed by atoms with Gasteiger partial charge in [0, 0.05) is 18.4 Å². The lowest BCUT2D eigenvalue weighted by molar-refractivity contribution is -0.914. The highest BCUT2D eigenvalue weighted by molar-refractivity contribution is 5.95. The summed E-state index contributed by atoms with van der Waals surface area (Å²) in [6.07, 6.45) is 0. The number of amides is 1. The van der Waals surface area contributed by atoms with Gasteiger partial charge in [0.05, 0.1) is 33.3 Å². The summed E-state index contributed by atoms with van der Waals surface area (Å²) in [5, 5.41) is 0. The van der Waals surface area contributed by atoms with E-state index in [0.717, 1.165) is 37.6 Å². The minimum atomic E-state index is -0.0433. The number of benzene rings is 2. The molecule has 3 rings (SSSR count). The number of rotatable bonds is 5. The highest BCUT2D eigenvalue weighted by Gasteiger charge is 2.31. The maximum atomic E-state index is 12.8. The number of ether oxygens (including phenoxy) is 1. The lowest BCUT2D eigenvalue weighted by atomic mass is 10.1. The summed E-state index contributed by atoms with van der Waals surface area (Å²) in [7, 11) is 3.54. The van der Waals surface area contributed by atoms with E-state index >= 15 is 0 Å². The predicted octanol–water partition coefficient (Wildman–Crippen LogP) is 1.45. The number of piperazine rings is 1. The molecule has 5 nitrogen and oxygen atoms in total. The van der Waals surface area contributed by atoms with Crippen molar-refractivity contribution < 1.29 is 14.4 Å². The second kappa shape index (κ2) is 8.23. The molecule has 5 heteroatoms. The number of carbonyl (C=O) groups is 1. The Morgan fingerprint density at radius 2 is 1.69 bits per heavy atom. The minimum absolute atomic E-state index is 0.0433. The van der Waals surface area contributed by atoms with E-state index in [9.17, 15) is 4.79 Å². The largest absolute Gasteiger partial charge is 0.497 e. The molecule has 1 aliphatic heterocycles. The first kappa shape index (κ1) is 18.3. The zero-order chi connectivity index (χ0) is 18.5. The third-order valence-corrected chi connectivity index (χ3v) is 5.30. The number of nitrogens with one attached hydrogen (secondary N) is 1. The quantitative estimate of drug-likeness (QED) is 0.883. The van der Waals surface area contributed by atoms with E-state index < -0.39 is 0 Å². The fourth-order valence-corrected chi connectivity index (χ4v) is 3.52. The second-order valence-corrected chi connectivity index (χ2v) is 6.80. The number of quaternary nitrogens is 1. The molecule has 2 aromatic rings. The van der Waals surface area contributed by atoms with Crippen LogP contribution in [-0.2, 0) is 4.79 Å². The summed E-state index contributed by atoms with van der Waals surface area (Å²) in [5.74, 6) is 1.05. The van der Waals surface area contributed by atoms with Crippen LogP contribution in [0.5, 0.6) is 5.75 Å². The molecule has 0 saturated carbocycles. The first-order valence-electron chi connectivity index (χ1n) is 9.16. The molecule has 0 unspecified atom stereocenters. The summed E-state index contributed by atoms with van der Waals surface area (Å²) in [6, 6.07) is 18.0. The van der Waals surface area contributed by atoms with Gasteiger partial charge in [-0.05, 0) is 43.3 Å². The van der Waals surface area contributed by atoms with E-state index in [4.69, 9.17) is 4.74 Å². The van der Waals surface area contributed by atoms with E-state index in [-0.39, 0.29) is 11.9 Å². The molecular formula is C21H28N3O2+. The van der Waals surface area contributed by atoms with Crippen molar-refractivity contribution in [3.63, 3.8) is 0 Å². The lowest BCUT2D eigenvalue weighted by Gasteiger charge is -2.37. The number of hydrogen-bond donors (Lipinski definition) is 1. The van der Waals surface area contributed by atoms with E-state index in [1.807, 2.05) is 56.4 Å². The average Bonchev–Trinajstić information content (AvgIpc) is 2.73. The summed E-state index contributed by atoms with van der Waals surface area (Å²) >= 11 is 0. The van der Waals surface area contributed by atoms with Crippen LogP contribution in [0.2, 0.25) is 0 Å². The van der Waals surface area contributed by atoms with Gasteiger partial charge in [-0.2, -0.15) is 0 Å². The Hall–Kier alpha value is -2.53. The van der Waals surface area contributed by atoms with Crippen LogP contribution >= 0.6 is 0 Å². The monoisotopic (exact) mass is 354 g/mol. The number of hydrogen-bond acceptors (Lipinski definition) is 3. The molecule has 2 aromatic carbocycles. The molecule has 1 amide bonds. The molecule has 0 radical (unpaired) electrons. The van der Waals surface area contributed by atoms with Crippen molar-refractivity contribution in [3.05, 3.63) is 54.6 Å². The zero-order valence-corrected chi connectivity index (χ0v) is 15.8. The molecule has 1 atom stereocenters. The van der Waals surface area contributed by atoms with E-state index in [1.54, 1.807) is 12.0 Å². The van der Waals surface area contributed by atoms with Crippen LogP contribution in [0.3, 0.4) is 0 Å². The number of para-hydroxylation sites is 1. The van der Waals surface area contributed by atoms with Gasteiger partial charge in [-0.15, -0.1) is 0 Å². The molecule has 0 aliphatic carbocycles. The van der Waals surface area contributed by atoms with Crippen molar-refractivity contribution in [2.24, 2.45) is 0 Å². The number of likely N-dealkylation sites (N-methyl/N-ethyl adjacent to an activating group) is 1. The fraction of sp³-hybridized carbons (Fsp3) is 0.381. The Labute approximate surface area is 155 Å². The lowest BCUT2D eigenvalue weighted by Crippen LogP contribution is -3.19. The summed E-state index contributed by atoms with van der Waals surface area (Å²) in [6.45, 7) is 5.87. The molecule has 0 bridgehead atoms. The standard InChI is InChI=1S/C21H27N3O2/c1-17(21(25)22(2)18-7-5-4-6-8-18)23-13-15-24(16-14-23)19-9-11-20(26-3)12-10-19/h4-12,17H,13-16H2,1-3H3/p+1/t17-/m1/s1. The van der Waals surface area contributed by atoms with Crippen molar-refractivity contribution in [3.8, 4) is 5.75 Å². The van der Waals surface area contributed by atoms with Gasteiger partial charge < -0.3 is 19.4 Å². The number of nitrogens with zero attached hydrogens (tertiary/aromatic N) is 2. The number of anilines is 2. The van der Waals surface area contributed by atoms with Crippen molar-refractivity contribution >= 4 is 17.3 Å². The molecule has 1 fully saturated rings. The Morgan fingerprint density at radius 1 is 1.08 bits per heavy atom. The van der Waals surface area contributed by atoms with Crippen LogP contribution in [0.4, 0.5) is 11.4 Å². The maximum absolute atomic E-state index is 12.8. The van der Waals surface area contributed by atoms with Crippen molar-refractivity contribution in [1.82, 2.24) is 0 Å². The van der Waals surface area contributed by atoms with Crippen LogP contribution in [0.15, 0.2) is 54.6 Å². The van der Waals surface area contributed by atoms with Crippen LogP contribution in [0.1, 0.15) is 6.92 Å². The molecule has 0 spiro atoms. The van der Waals surface area contributed by atoms with Crippen LogP contribution in [0.25, 0.3) is 0 Å². The summed E-state index contributed by atoms with van der Waals surface area (Å²) in [4.78, 5) is 18.3. The maximum Gasteiger partial charge on any atom is 0.284 e. The van der Waals surface area contributed by atoms with Gasteiger partial charge in [-0.25, -0.2) is 0 Å². The van der Waals surface area contributed by atoms with Crippen LogP contribution in [0, 0.1) is 0 Å². The number of methoxy groups -OCH3 is 1. The third-order valence-electron chi connectivity index (χ3n) is 5.30. The average molecular weight is 354 g/mol. The van der Waals surface area contributed by atoms with Crippen molar-refractivity contribution in [1.29, 1.82) is 0 Å². The molecule has 138 valence electrons. The SMILES string of the molecule is COc1ccc(N2CC[NH+]([C@H](C)C(=O)N(C)c3ccccc3)CC2)cc1. The van der Waals surface area contributed by atoms with Crippen LogP contribution in [-0.4, -0.2) is 52.3 Å². The van der Waals surface area contributed by atoms with Crippen molar-refractivity contribution in [2.45, 2.75) is 13.0 Å². The van der Waals surface area contributed by atoms with E-state index in [1.165, 1.54) is 10.6 Å². The Morgan fingerprint density at radius 3 is 2.27 bits per heavy atom. The fourth-order valence-electron chi connectivity index (χ4n) is 3.52. The van der Waals surface area contributed by atoms with Gasteiger partial charge >= 0.3 is 0 Å². The highest BCUT2D eigenvalue weighted by atomic mass is 16.5. The van der Waals surface area contributed by atoms with Gasteiger partial charge in [0.15, 0.2) is 6.04 Å². The van der Waals surface area contributed by atoms with E-state index in [0.29, 0.717) is 0 Å². The molecule has 1 heterocycles. The molecule has 26 heavy (non-hydrogen) atoms. The second-order valence-electron chi connectivity index (χ2n) is 6.80. The Bertz CT molecular complexity index is 710. The van der Waals surface area contributed by atoms with Gasteiger partial charge in [0.25, 0.3) is 5.91 Å². The van der Waals surface area contributed by atoms with Crippen molar-refractivity contribution in [2.75, 3.05) is 50.1 Å². The highest BCUT2D eigenvalue weighted by Crippen LogP contribution is 2.19. The predicted molar refractivity (Wildman–Crippen MR) is 105 cm³/mol. The molecule has 1 aliphatic rings. The van der Waals surface area contributed by atoms with Gasteiger partial charge in [0.2, 0.25) is 0 Å². The molecule has 0 aromatic heterocycles. The third kappa shape index (κ3) is 3.99. The molecular weight excluding hydrogens is 326 g/mol. The molecule has 1 saturated heterocycles. The first-order valence-corrected chi connectivity index (χ1v) is 9.16. The normalized spacial score (nSPS) is 16.2. The zero-order valence-electron chi connectivity index (χ0n) is 15.8. The Balaban J connectivity index is 1.57. The Kier molecular flexibility index (Phi) is 5.78. The summed E-state index contributed by atoms with van der Waals surface area (Å²) in [5.41, 5.74) is 2.16. The van der Waals surface area contributed by atoms with Gasteiger partial charge in [0.1, 0.15) is 5.75 Å². The summed E-state index contributed by atoms with van der Waals surface area (Å²) < 4.78 is 5.23.